The summed E-state index contributed by atoms with van der Waals surface area (Å²) in [5, 5.41) is 3.31. The Hall–Kier alpha value is -1.48. The molecule has 3 nitrogen and oxygen atoms in total. The van der Waals surface area contributed by atoms with Gasteiger partial charge < -0.3 is 14.8 Å². The largest absolute Gasteiger partial charge is 0.493 e. The second-order valence-corrected chi connectivity index (χ2v) is 3.98. The van der Waals surface area contributed by atoms with Crippen molar-refractivity contribution < 1.29 is 9.47 Å². The molecule has 0 fully saturated rings. The summed E-state index contributed by atoms with van der Waals surface area (Å²) in [5.41, 5.74) is 2.61. The Morgan fingerprint density at radius 3 is 2.82 bits per heavy atom. The van der Waals surface area contributed by atoms with Crippen LogP contribution in [0.25, 0.3) is 5.57 Å². The number of nitrogens with one attached hydrogen (secondary N) is 1. The summed E-state index contributed by atoms with van der Waals surface area (Å²) in [6.45, 7) is 4.63. The van der Waals surface area contributed by atoms with E-state index in [1.165, 1.54) is 11.1 Å². The average molecular weight is 233 g/mol. The predicted molar refractivity (Wildman–Crippen MR) is 69.6 cm³/mol. The Morgan fingerprint density at radius 1 is 1.29 bits per heavy atom. The van der Waals surface area contributed by atoms with Gasteiger partial charge in [0.05, 0.1) is 13.7 Å². The molecule has 0 aliphatic carbocycles. The first kappa shape index (κ1) is 12.0. The Kier molecular flexibility index (Phi) is 4.04. The van der Waals surface area contributed by atoms with Crippen LogP contribution >= 0.6 is 0 Å². The van der Waals surface area contributed by atoms with E-state index in [4.69, 9.17) is 9.47 Å². The van der Waals surface area contributed by atoms with E-state index >= 15 is 0 Å². The molecule has 0 aromatic heterocycles. The van der Waals surface area contributed by atoms with Crippen LogP contribution in [-0.2, 0) is 0 Å². The van der Waals surface area contributed by atoms with Crippen LogP contribution in [0, 0.1) is 0 Å². The quantitative estimate of drug-likeness (QED) is 0.866. The highest BCUT2D eigenvalue weighted by atomic mass is 16.5. The van der Waals surface area contributed by atoms with Crippen molar-refractivity contribution in [3.8, 4) is 11.5 Å². The molecule has 0 saturated carbocycles. The van der Waals surface area contributed by atoms with Gasteiger partial charge >= 0.3 is 0 Å². The van der Waals surface area contributed by atoms with E-state index in [-0.39, 0.29) is 0 Å². The molecule has 1 aromatic rings. The number of hydrogen-bond acceptors (Lipinski definition) is 3. The Morgan fingerprint density at radius 2 is 2.18 bits per heavy atom. The third kappa shape index (κ3) is 2.80. The van der Waals surface area contributed by atoms with Crippen molar-refractivity contribution in [1.82, 2.24) is 5.32 Å². The summed E-state index contributed by atoms with van der Waals surface area (Å²) in [6.07, 6.45) is 3.30. The van der Waals surface area contributed by atoms with Gasteiger partial charge in [0.25, 0.3) is 0 Å². The lowest BCUT2D eigenvalue weighted by Gasteiger charge is -2.16. The molecule has 0 radical (unpaired) electrons. The van der Waals surface area contributed by atoms with Gasteiger partial charge in [0, 0.05) is 6.54 Å². The van der Waals surface area contributed by atoms with Crippen LogP contribution in [0.3, 0.4) is 0 Å². The first-order chi connectivity index (χ1) is 8.35. The van der Waals surface area contributed by atoms with Crippen LogP contribution in [0.2, 0.25) is 0 Å². The lowest BCUT2D eigenvalue weighted by atomic mass is 10.00. The molecule has 1 aromatic carbocycles. The van der Waals surface area contributed by atoms with Crippen molar-refractivity contribution in [2.75, 3.05) is 26.8 Å². The molecular formula is C14H19NO2. The highest BCUT2D eigenvalue weighted by Gasteiger charge is 2.10. The second-order valence-electron chi connectivity index (χ2n) is 3.98. The topological polar surface area (TPSA) is 30.5 Å². The van der Waals surface area contributed by atoms with Gasteiger partial charge in [0.15, 0.2) is 11.5 Å². The van der Waals surface area contributed by atoms with Gasteiger partial charge in [-0.05, 0) is 43.2 Å². The minimum atomic E-state index is 0.653. The predicted octanol–water partition coefficient (Wildman–Crippen LogP) is 2.47. The van der Waals surface area contributed by atoms with E-state index in [1.54, 1.807) is 7.11 Å². The monoisotopic (exact) mass is 233 g/mol. The van der Waals surface area contributed by atoms with E-state index in [2.05, 4.69) is 23.5 Å². The third-order valence-electron chi connectivity index (χ3n) is 2.90. The van der Waals surface area contributed by atoms with Crippen LogP contribution in [0.4, 0.5) is 0 Å². The zero-order valence-corrected chi connectivity index (χ0v) is 10.5. The highest BCUT2D eigenvalue weighted by molar-refractivity contribution is 5.69. The Balaban J connectivity index is 2.29. The molecular weight excluding hydrogens is 214 g/mol. The molecule has 2 rings (SSSR count). The number of rotatable bonds is 4. The summed E-state index contributed by atoms with van der Waals surface area (Å²) in [6, 6.07) is 6.14. The molecule has 1 aliphatic heterocycles. The lowest BCUT2D eigenvalue weighted by Crippen LogP contribution is -2.20. The van der Waals surface area contributed by atoms with Gasteiger partial charge in [0.1, 0.15) is 0 Å². The summed E-state index contributed by atoms with van der Waals surface area (Å²) < 4.78 is 10.9. The maximum Gasteiger partial charge on any atom is 0.161 e. The molecule has 92 valence electrons. The van der Waals surface area contributed by atoms with Crippen molar-refractivity contribution in [2.45, 2.75) is 13.3 Å². The van der Waals surface area contributed by atoms with Gasteiger partial charge in [-0.2, -0.15) is 0 Å². The fraction of sp³-hybridized carbons (Fsp3) is 0.429. The van der Waals surface area contributed by atoms with Crippen LogP contribution in [0.5, 0.6) is 11.5 Å². The molecule has 3 heteroatoms. The van der Waals surface area contributed by atoms with E-state index in [0.717, 1.165) is 31.0 Å². The van der Waals surface area contributed by atoms with Crippen LogP contribution in [0.1, 0.15) is 18.9 Å². The molecule has 17 heavy (non-hydrogen) atoms. The highest BCUT2D eigenvalue weighted by Crippen LogP contribution is 2.31. The first-order valence-corrected chi connectivity index (χ1v) is 6.06. The van der Waals surface area contributed by atoms with Crippen molar-refractivity contribution >= 4 is 5.57 Å². The number of hydrogen-bond donors (Lipinski definition) is 1. The van der Waals surface area contributed by atoms with Gasteiger partial charge in [-0.15, -0.1) is 0 Å². The van der Waals surface area contributed by atoms with E-state index in [0.29, 0.717) is 6.61 Å². The molecule has 1 aliphatic rings. The van der Waals surface area contributed by atoms with Crippen molar-refractivity contribution in [3.63, 3.8) is 0 Å². The lowest BCUT2D eigenvalue weighted by molar-refractivity contribution is 0.311. The number of benzene rings is 1. The third-order valence-corrected chi connectivity index (χ3v) is 2.90. The molecule has 0 atom stereocenters. The minimum absolute atomic E-state index is 0.653. The molecule has 1 N–H and O–H groups in total. The molecule has 0 spiro atoms. The van der Waals surface area contributed by atoms with Gasteiger partial charge in [-0.1, -0.05) is 12.1 Å². The van der Waals surface area contributed by atoms with E-state index in [9.17, 15) is 0 Å². The summed E-state index contributed by atoms with van der Waals surface area (Å²) in [4.78, 5) is 0. The Bertz CT molecular complexity index is 413. The molecule has 0 saturated heterocycles. The summed E-state index contributed by atoms with van der Waals surface area (Å²) in [7, 11) is 1.67. The van der Waals surface area contributed by atoms with E-state index in [1.807, 2.05) is 13.0 Å². The molecule has 0 amide bonds. The van der Waals surface area contributed by atoms with Crippen LogP contribution < -0.4 is 14.8 Å². The zero-order valence-electron chi connectivity index (χ0n) is 10.5. The van der Waals surface area contributed by atoms with Gasteiger partial charge in [0.2, 0.25) is 0 Å². The fourth-order valence-corrected chi connectivity index (χ4v) is 2.03. The fourth-order valence-electron chi connectivity index (χ4n) is 2.03. The molecule has 1 heterocycles. The summed E-state index contributed by atoms with van der Waals surface area (Å²) in [5.74, 6) is 1.62. The standard InChI is InChI=1S/C14H19NO2/c1-3-17-14-10-12(4-5-13(14)16-2)11-6-8-15-9-7-11/h4-6,10,15H,3,7-9H2,1-2H3. The summed E-state index contributed by atoms with van der Waals surface area (Å²) >= 11 is 0. The molecule has 0 bridgehead atoms. The maximum absolute atomic E-state index is 5.59. The molecule has 0 unspecified atom stereocenters. The SMILES string of the molecule is CCOc1cc(C2=CCNCC2)ccc1OC. The number of ether oxygens (including phenoxy) is 2. The van der Waals surface area contributed by atoms with E-state index < -0.39 is 0 Å². The average Bonchev–Trinajstić information content (AvgIpc) is 2.40. The maximum atomic E-state index is 5.59. The second kappa shape index (κ2) is 5.73. The van der Waals surface area contributed by atoms with Crippen molar-refractivity contribution in [1.29, 1.82) is 0 Å². The van der Waals surface area contributed by atoms with Crippen LogP contribution in [0.15, 0.2) is 24.3 Å². The number of methoxy groups -OCH3 is 1. The van der Waals surface area contributed by atoms with Crippen LogP contribution in [-0.4, -0.2) is 26.8 Å². The van der Waals surface area contributed by atoms with Gasteiger partial charge in [-0.25, -0.2) is 0 Å². The smallest absolute Gasteiger partial charge is 0.161 e. The first-order valence-electron chi connectivity index (χ1n) is 6.06. The van der Waals surface area contributed by atoms with Gasteiger partial charge in [-0.3, -0.25) is 0 Å². The zero-order chi connectivity index (χ0) is 12.1. The van der Waals surface area contributed by atoms with Crippen molar-refractivity contribution in [2.24, 2.45) is 0 Å². The van der Waals surface area contributed by atoms with Crippen molar-refractivity contribution in [3.05, 3.63) is 29.8 Å². The normalized spacial score (nSPS) is 15.3. The minimum Gasteiger partial charge on any atom is -0.493 e. The Labute approximate surface area is 102 Å².